The Morgan fingerprint density at radius 2 is 1.58 bits per heavy atom. The van der Waals surface area contributed by atoms with E-state index in [1.54, 1.807) is 0 Å². The molecule has 6 heteroatoms. The number of hydrogen-bond donors (Lipinski definition) is 0. The van der Waals surface area contributed by atoms with Crippen molar-refractivity contribution in [2.45, 2.75) is 40.7 Å². The van der Waals surface area contributed by atoms with Gasteiger partial charge >= 0.3 is 5.97 Å². The van der Waals surface area contributed by atoms with Gasteiger partial charge in [-0.05, 0) is 31.6 Å². The van der Waals surface area contributed by atoms with Gasteiger partial charge in [-0.1, -0.05) is 31.6 Å². The first kappa shape index (κ1) is 20.2. The number of esters is 1. The molecule has 2 atom stereocenters. The zero-order valence-electron chi connectivity index (χ0n) is 15.3. The number of carbonyl (C=O) groups excluding carboxylic acids is 1. The molecule has 0 aliphatic heterocycles. The number of hydrogen-bond acceptors (Lipinski definition) is 2. The van der Waals surface area contributed by atoms with Gasteiger partial charge in [-0.3, -0.25) is 4.79 Å². The quantitative estimate of drug-likeness (QED) is 0.296. The van der Waals surface area contributed by atoms with Gasteiger partial charge in [-0.25, -0.2) is 17.6 Å². The summed E-state index contributed by atoms with van der Waals surface area (Å²) in [5.74, 6) is -7.24. The van der Waals surface area contributed by atoms with E-state index in [0.717, 1.165) is 11.6 Å². The van der Waals surface area contributed by atoms with Crippen molar-refractivity contribution in [1.82, 2.24) is 0 Å². The summed E-state index contributed by atoms with van der Waals surface area (Å²) < 4.78 is 61.0. The zero-order valence-corrected chi connectivity index (χ0v) is 15.3. The van der Waals surface area contributed by atoms with Crippen molar-refractivity contribution in [2.75, 3.05) is 0 Å². The molecule has 0 aromatic heterocycles. The summed E-state index contributed by atoms with van der Waals surface area (Å²) in [7, 11) is 0. The molecule has 0 heterocycles. The molecule has 26 heavy (non-hydrogen) atoms. The summed E-state index contributed by atoms with van der Waals surface area (Å²) in [5.41, 5.74) is -0.969. The molecule has 1 aliphatic carbocycles. The van der Waals surface area contributed by atoms with Gasteiger partial charge in [0.15, 0.2) is 23.3 Å². The van der Waals surface area contributed by atoms with Gasteiger partial charge in [0.2, 0.25) is 0 Å². The van der Waals surface area contributed by atoms with Crippen LogP contribution in [0.4, 0.5) is 17.6 Å². The first-order valence-electron chi connectivity index (χ1n) is 8.30. The largest absolute Gasteiger partial charge is 0.460 e. The van der Waals surface area contributed by atoms with Gasteiger partial charge in [-0.2, -0.15) is 0 Å². The lowest BCUT2D eigenvalue weighted by Crippen LogP contribution is -2.14. The molecular formula is C20H22F4O2. The molecule has 0 radical (unpaired) electrons. The number of rotatable bonds is 6. The summed E-state index contributed by atoms with van der Waals surface area (Å²) in [6.45, 7) is 9.99. The highest BCUT2D eigenvalue weighted by molar-refractivity contribution is 5.78. The summed E-state index contributed by atoms with van der Waals surface area (Å²) in [6.07, 6.45) is 2.72. The van der Waals surface area contributed by atoms with E-state index in [1.807, 2.05) is 33.8 Å². The van der Waals surface area contributed by atoms with E-state index in [9.17, 15) is 22.4 Å². The molecule has 1 aliphatic rings. The van der Waals surface area contributed by atoms with E-state index >= 15 is 0 Å². The third-order valence-corrected chi connectivity index (χ3v) is 4.83. The van der Waals surface area contributed by atoms with Crippen molar-refractivity contribution in [1.29, 1.82) is 0 Å². The minimum absolute atomic E-state index is 0.0434. The van der Waals surface area contributed by atoms with Crippen LogP contribution in [0.1, 0.15) is 38.8 Å². The normalized spacial score (nSPS) is 20.5. The maximum absolute atomic E-state index is 14.1. The van der Waals surface area contributed by atoms with Crippen LogP contribution >= 0.6 is 0 Å². The van der Waals surface area contributed by atoms with Gasteiger partial charge in [0, 0.05) is 5.56 Å². The second kappa shape index (κ2) is 7.25. The van der Waals surface area contributed by atoms with Crippen molar-refractivity contribution >= 4 is 5.97 Å². The second-order valence-corrected chi connectivity index (χ2v) is 7.38. The summed E-state index contributed by atoms with van der Waals surface area (Å²) in [4.78, 5) is 12.3. The Labute approximate surface area is 150 Å². The molecular weight excluding hydrogens is 348 g/mol. The fourth-order valence-corrected chi connectivity index (χ4v) is 3.20. The van der Waals surface area contributed by atoms with E-state index in [1.165, 1.54) is 0 Å². The number of carbonyl (C=O) groups is 1. The monoisotopic (exact) mass is 370 g/mol. The number of allylic oxidation sites excluding steroid dienone is 3. The van der Waals surface area contributed by atoms with Crippen LogP contribution < -0.4 is 0 Å². The van der Waals surface area contributed by atoms with Crippen molar-refractivity contribution in [3.63, 3.8) is 0 Å². The van der Waals surface area contributed by atoms with Crippen LogP contribution in [-0.4, -0.2) is 5.97 Å². The molecule has 0 bridgehead atoms. The van der Waals surface area contributed by atoms with Crippen molar-refractivity contribution in [3.05, 3.63) is 58.7 Å². The van der Waals surface area contributed by atoms with Gasteiger partial charge in [-0.15, -0.1) is 6.58 Å². The molecule has 0 saturated heterocycles. The summed E-state index contributed by atoms with van der Waals surface area (Å²) in [6, 6.07) is 0. The average molecular weight is 370 g/mol. The van der Waals surface area contributed by atoms with Crippen LogP contribution in [0.2, 0.25) is 0 Å². The Morgan fingerprint density at radius 3 is 2.04 bits per heavy atom. The fourth-order valence-electron chi connectivity index (χ4n) is 3.20. The van der Waals surface area contributed by atoms with E-state index in [0.29, 0.717) is 0 Å². The van der Waals surface area contributed by atoms with E-state index in [2.05, 4.69) is 6.58 Å². The third-order valence-electron chi connectivity index (χ3n) is 4.83. The van der Waals surface area contributed by atoms with Crippen molar-refractivity contribution < 1.29 is 27.1 Å². The van der Waals surface area contributed by atoms with Crippen LogP contribution in [0.5, 0.6) is 0 Å². The molecule has 1 aromatic rings. The Bertz CT molecular complexity index is 748. The van der Waals surface area contributed by atoms with Crippen molar-refractivity contribution in [3.8, 4) is 0 Å². The van der Waals surface area contributed by atoms with Crippen LogP contribution in [0, 0.1) is 40.5 Å². The molecule has 2 unspecified atom stereocenters. The Hall–Kier alpha value is -2.11. The highest BCUT2D eigenvalue weighted by atomic mass is 19.2. The first-order chi connectivity index (χ1) is 12.0. The van der Waals surface area contributed by atoms with Crippen LogP contribution in [0.25, 0.3) is 0 Å². The fraction of sp³-hybridized carbons (Fsp3) is 0.450. The minimum atomic E-state index is -1.55. The molecule has 0 N–H and O–H groups in total. The molecule has 142 valence electrons. The predicted octanol–water partition coefficient (Wildman–Crippen LogP) is 5.25. The highest BCUT2D eigenvalue weighted by Crippen LogP contribution is 2.59. The molecule has 1 saturated carbocycles. The topological polar surface area (TPSA) is 26.3 Å². The Kier molecular flexibility index (Phi) is 5.64. The molecule has 1 fully saturated rings. The Balaban J connectivity index is 2.19. The second-order valence-electron chi connectivity index (χ2n) is 7.38. The minimum Gasteiger partial charge on any atom is -0.460 e. The molecule has 2 nitrogen and oxygen atoms in total. The lowest BCUT2D eigenvalue weighted by molar-refractivity contribution is -0.147. The van der Waals surface area contributed by atoms with Crippen LogP contribution in [0.15, 0.2) is 24.3 Å². The lowest BCUT2D eigenvalue weighted by Gasteiger charge is -2.12. The predicted molar refractivity (Wildman–Crippen MR) is 90.2 cm³/mol. The van der Waals surface area contributed by atoms with Gasteiger partial charge in [0.25, 0.3) is 0 Å². The van der Waals surface area contributed by atoms with Gasteiger partial charge < -0.3 is 4.74 Å². The number of benzene rings is 1. The average Bonchev–Trinajstić information content (AvgIpc) is 3.09. The lowest BCUT2D eigenvalue weighted by atomic mass is 10.1. The van der Waals surface area contributed by atoms with E-state index < -0.39 is 52.9 Å². The maximum atomic E-state index is 14.1. The zero-order chi connectivity index (χ0) is 19.8. The first-order valence-corrected chi connectivity index (χ1v) is 8.30. The van der Waals surface area contributed by atoms with Crippen LogP contribution in [0.3, 0.4) is 0 Å². The molecule has 2 rings (SSSR count). The smallest absolute Gasteiger partial charge is 0.310 e. The van der Waals surface area contributed by atoms with Crippen molar-refractivity contribution in [2.24, 2.45) is 17.3 Å². The standard InChI is InChI=1S/C20H22F4O2/c1-6-7-11-15(21)17(23)12(18(24)16(11)22)9-26-19(25)14-13(8-10(2)3)20(14,4)5/h6,8,13-14H,1,7,9H2,2-5H3. The summed E-state index contributed by atoms with van der Waals surface area (Å²) >= 11 is 0. The number of ether oxygens (including phenoxy) is 1. The molecule has 1 aromatic carbocycles. The van der Waals surface area contributed by atoms with Crippen LogP contribution in [-0.2, 0) is 22.6 Å². The SMILES string of the molecule is C=CCc1c(F)c(F)c(COC(=O)C2C(C=C(C)C)C2(C)C)c(F)c1F. The van der Waals surface area contributed by atoms with E-state index in [-0.39, 0.29) is 17.8 Å². The number of halogens is 4. The molecule has 0 spiro atoms. The maximum Gasteiger partial charge on any atom is 0.310 e. The Morgan fingerprint density at radius 1 is 1.08 bits per heavy atom. The third kappa shape index (κ3) is 3.55. The highest BCUT2D eigenvalue weighted by Gasteiger charge is 2.61. The molecule has 0 amide bonds. The van der Waals surface area contributed by atoms with E-state index in [4.69, 9.17) is 4.74 Å². The van der Waals surface area contributed by atoms with Gasteiger partial charge in [0.05, 0.1) is 11.5 Å². The van der Waals surface area contributed by atoms with Gasteiger partial charge in [0.1, 0.15) is 6.61 Å². The summed E-state index contributed by atoms with van der Waals surface area (Å²) in [5, 5.41) is 0.